The summed E-state index contributed by atoms with van der Waals surface area (Å²) in [6.45, 7) is 2.01. The lowest BCUT2D eigenvalue weighted by atomic mass is 9.96. The third kappa shape index (κ3) is 3.12. The maximum atomic E-state index is 5.97. The zero-order valence-electron chi connectivity index (χ0n) is 10.7. The molecular weight excluding hydrogens is 304 g/mol. The number of halogens is 1. The molecule has 100 valence electrons. The third-order valence-corrected chi connectivity index (χ3v) is 3.94. The maximum absolute atomic E-state index is 5.97. The van der Waals surface area contributed by atoms with Gasteiger partial charge in [0, 0.05) is 16.2 Å². The van der Waals surface area contributed by atoms with Crippen LogP contribution >= 0.6 is 15.9 Å². The first-order valence-corrected chi connectivity index (χ1v) is 6.83. The molecule has 19 heavy (non-hydrogen) atoms. The van der Waals surface area contributed by atoms with Crippen LogP contribution in [0.15, 0.2) is 41.0 Å². The van der Waals surface area contributed by atoms with Gasteiger partial charge in [0.05, 0.1) is 6.04 Å². The number of aromatic nitrogens is 1. The largest absolute Gasteiger partial charge is 0.383 e. The summed E-state index contributed by atoms with van der Waals surface area (Å²) in [6, 6.07) is 9.96. The fourth-order valence-electron chi connectivity index (χ4n) is 2.17. The lowest BCUT2D eigenvalue weighted by molar-refractivity contribution is 0.548. The van der Waals surface area contributed by atoms with Crippen molar-refractivity contribution in [1.82, 2.24) is 10.4 Å². The number of benzene rings is 1. The van der Waals surface area contributed by atoms with Crippen molar-refractivity contribution in [2.75, 3.05) is 5.73 Å². The number of pyridine rings is 1. The van der Waals surface area contributed by atoms with Crippen LogP contribution in [0.3, 0.4) is 0 Å². The zero-order valence-corrected chi connectivity index (χ0v) is 12.3. The van der Waals surface area contributed by atoms with E-state index in [1.807, 2.05) is 31.2 Å². The van der Waals surface area contributed by atoms with Gasteiger partial charge in [-0.05, 0) is 36.6 Å². The number of nitrogens with zero attached hydrogens (tertiary/aromatic N) is 1. The fraction of sp³-hybridized carbons (Fsp3) is 0.214. The molecule has 2 rings (SSSR count). The van der Waals surface area contributed by atoms with Crippen LogP contribution in [0, 0.1) is 6.92 Å². The highest BCUT2D eigenvalue weighted by Gasteiger charge is 2.17. The highest BCUT2D eigenvalue weighted by molar-refractivity contribution is 9.10. The Morgan fingerprint density at radius 3 is 2.68 bits per heavy atom. The van der Waals surface area contributed by atoms with Gasteiger partial charge in [0.2, 0.25) is 0 Å². The van der Waals surface area contributed by atoms with Gasteiger partial charge in [0.1, 0.15) is 5.82 Å². The van der Waals surface area contributed by atoms with Gasteiger partial charge in [0.25, 0.3) is 0 Å². The molecule has 0 aliphatic carbocycles. The van der Waals surface area contributed by atoms with E-state index in [0.29, 0.717) is 5.82 Å². The monoisotopic (exact) mass is 320 g/mol. The number of rotatable bonds is 4. The number of nitrogens with two attached hydrogens (primary N) is 2. The zero-order chi connectivity index (χ0) is 13.8. The predicted molar refractivity (Wildman–Crippen MR) is 81.3 cm³/mol. The Kier molecular flexibility index (Phi) is 4.52. The van der Waals surface area contributed by atoms with E-state index in [4.69, 9.17) is 11.6 Å². The summed E-state index contributed by atoms with van der Waals surface area (Å²) in [4.78, 5) is 4.14. The lowest BCUT2D eigenvalue weighted by Crippen LogP contribution is -2.31. The van der Waals surface area contributed by atoms with Crippen molar-refractivity contribution in [1.29, 1.82) is 0 Å². The summed E-state index contributed by atoms with van der Waals surface area (Å²) in [5.41, 5.74) is 12.0. The minimum atomic E-state index is -0.0626. The van der Waals surface area contributed by atoms with Crippen molar-refractivity contribution >= 4 is 21.7 Å². The van der Waals surface area contributed by atoms with Crippen molar-refractivity contribution in [2.24, 2.45) is 5.84 Å². The molecule has 5 heteroatoms. The number of anilines is 1. The van der Waals surface area contributed by atoms with Gasteiger partial charge >= 0.3 is 0 Å². The van der Waals surface area contributed by atoms with Crippen molar-refractivity contribution in [3.63, 3.8) is 0 Å². The number of nitrogen functional groups attached to an aromatic ring is 1. The van der Waals surface area contributed by atoms with Crippen LogP contribution in [0.5, 0.6) is 0 Å². The van der Waals surface area contributed by atoms with Crippen LogP contribution in [-0.4, -0.2) is 4.98 Å². The molecule has 1 heterocycles. The van der Waals surface area contributed by atoms with Crippen LogP contribution in [0.1, 0.15) is 22.7 Å². The van der Waals surface area contributed by atoms with Crippen LogP contribution in [0.25, 0.3) is 0 Å². The topological polar surface area (TPSA) is 77.0 Å². The average molecular weight is 321 g/mol. The molecule has 1 atom stereocenters. The van der Waals surface area contributed by atoms with E-state index in [-0.39, 0.29) is 6.04 Å². The summed E-state index contributed by atoms with van der Waals surface area (Å²) < 4.78 is 1.07. The quantitative estimate of drug-likeness (QED) is 0.597. The number of hydrogen-bond acceptors (Lipinski definition) is 4. The molecule has 0 fully saturated rings. The van der Waals surface area contributed by atoms with Crippen molar-refractivity contribution in [3.8, 4) is 0 Å². The van der Waals surface area contributed by atoms with Crippen molar-refractivity contribution in [3.05, 3.63) is 57.7 Å². The molecule has 0 radical (unpaired) electrons. The van der Waals surface area contributed by atoms with Gasteiger partial charge < -0.3 is 5.73 Å². The minimum absolute atomic E-state index is 0.0626. The average Bonchev–Trinajstić information content (AvgIpc) is 2.39. The first kappa shape index (κ1) is 14.0. The third-order valence-electron chi connectivity index (χ3n) is 3.17. The lowest BCUT2D eigenvalue weighted by Gasteiger charge is -2.20. The second kappa shape index (κ2) is 6.14. The van der Waals surface area contributed by atoms with Crippen LogP contribution in [0.4, 0.5) is 5.82 Å². The smallest absolute Gasteiger partial charge is 0.128 e. The highest BCUT2D eigenvalue weighted by atomic mass is 79.9. The Bertz CT molecular complexity index is 551. The first-order chi connectivity index (χ1) is 9.13. The van der Waals surface area contributed by atoms with Gasteiger partial charge in [-0.25, -0.2) is 4.98 Å². The number of nitrogens with one attached hydrogen (secondary N) is 1. The van der Waals surface area contributed by atoms with E-state index in [1.54, 1.807) is 6.20 Å². The molecule has 0 aliphatic heterocycles. The van der Waals surface area contributed by atoms with Gasteiger partial charge in [-0.15, -0.1) is 0 Å². The highest BCUT2D eigenvalue weighted by Crippen LogP contribution is 2.27. The summed E-state index contributed by atoms with van der Waals surface area (Å²) in [5, 5.41) is 0. The molecule has 0 saturated heterocycles. The number of hydrogen-bond donors (Lipinski definition) is 3. The maximum Gasteiger partial charge on any atom is 0.128 e. The Morgan fingerprint density at radius 2 is 2.05 bits per heavy atom. The SMILES string of the molecule is Cc1ccnc(N)c1C(Cc1ccccc1Br)NN. The van der Waals surface area contributed by atoms with E-state index >= 15 is 0 Å². The Labute approximate surface area is 121 Å². The van der Waals surface area contributed by atoms with Gasteiger partial charge in [-0.3, -0.25) is 11.3 Å². The summed E-state index contributed by atoms with van der Waals surface area (Å²) >= 11 is 3.55. The molecule has 0 aliphatic rings. The van der Waals surface area contributed by atoms with Crippen molar-refractivity contribution in [2.45, 2.75) is 19.4 Å². The van der Waals surface area contributed by atoms with Gasteiger partial charge in [-0.1, -0.05) is 34.1 Å². The fourth-order valence-corrected chi connectivity index (χ4v) is 2.62. The number of aryl methyl sites for hydroxylation is 1. The minimum Gasteiger partial charge on any atom is -0.383 e. The molecular formula is C14H17BrN4. The van der Waals surface area contributed by atoms with E-state index in [1.165, 1.54) is 5.56 Å². The normalized spacial score (nSPS) is 12.4. The second-order valence-corrected chi connectivity index (χ2v) is 5.30. The summed E-state index contributed by atoms with van der Waals surface area (Å²) in [5.74, 6) is 6.21. The Hall–Kier alpha value is -1.43. The second-order valence-electron chi connectivity index (χ2n) is 4.44. The van der Waals surface area contributed by atoms with E-state index in [9.17, 15) is 0 Å². The number of hydrazine groups is 1. The van der Waals surface area contributed by atoms with E-state index < -0.39 is 0 Å². The molecule has 0 amide bonds. The molecule has 2 aromatic rings. The van der Waals surface area contributed by atoms with Gasteiger partial charge in [0.15, 0.2) is 0 Å². The van der Waals surface area contributed by atoms with Gasteiger partial charge in [-0.2, -0.15) is 0 Å². The van der Waals surface area contributed by atoms with Crippen LogP contribution in [-0.2, 0) is 6.42 Å². The molecule has 0 saturated carbocycles. The predicted octanol–water partition coefficient (Wildman–Crippen LogP) is 2.48. The molecule has 1 unspecified atom stereocenters. The Balaban J connectivity index is 2.34. The molecule has 1 aromatic carbocycles. The first-order valence-electron chi connectivity index (χ1n) is 6.04. The van der Waals surface area contributed by atoms with E-state index in [0.717, 1.165) is 22.0 Å². The summed E-state index contributed by atoms with van der Waals surface area (Å²) in [7, 11) is 0. The summed E-state index contributed by atoms with van der Waals surface area (Å²) in [6.07, 6.45) is 2.45. The molecule has 4 nitrogen and oxygen atoms in total. The van der Waals surface area contributed by atoms with Crippen LogP contribution < -0.4 is 17.0 Å². The Morgan fingerprint density at radius 1 is 1.32 bits per heavy atom. The molecule has 1 aromatic heterocycles. The van der Waals surface area contributed by atoms with E-state index in [2.05, 4.69) is 32.4 Å². The van der Waals surface area contributed by atoms with Crippen molar-refractivity contribution < 1.29 is 0 Å². The molecule has 0 bridgehead atoms. The van der Waals surface area contributed by atoms with Crippen LogP contribution in [0.2, 0.25) is 0 Å². The molecule has 0 spiro atoms. The standard InChI is InChI=1S/C14H17BrN4/c1-9-6-7-18-14(16)13(9)12(19-17)8-10-4-2-3-5-11(10)15/h2-7,12,19H,8,17H2,1H3,(H2,16,18). The molecule has 5 N–H and O–H groups in total.